The lowest BCUT2D eigenvalue weighted by atomic mass is 10.2. The van der Waals surface area contributed by atoms with E-state index in [0.29, 0.717) is 0 Å². The van der Waals surface area contributed by atoms with Crippen molar-refractivity contribution in [2.75, 3.05) is 5.32 Å². The van der Waals surface area contributed by atoms with Gasteiger partial charge in [0.2, 0.25) is 5.91 Å². The molecule has 0 saturated carbocycles. The van der Waals surface area contributed by atoms with Gasteiger partial charge in [0.05, 0.1) is 0 Å². The standard InChI is InChI=1S/C15H21F2N3O2/c1-4-9(2)18-14(21)10(3)19-15(22)20-12-7-5-6-11(8-12)13(16)17/h5-10,13H,4H2,1-3H3,(H,18,21)(H2,19,20,22)/t9-,10+/m0/s1. The van der Waals surface area contributed by atoms with E-state index in [-0.39, 0.29) is 23.2 Å². The summed E-state index contributed by atoms with van der Waals surface area (Å²) in [6, 6.07) is 4.04. The number of benzene rings is 1. The molecule has 0 aliphatic heterocycles. The van der Waals surface area contributed by atoms with E-state index in [4.69, 9.17) is 0 Å². The van der Waals surface area contributed by atoms with E-state index < -0.39 is 18.5 Å². The topological polar surface area (TPSA) is 70.2 Å². The van der Waals surface area contributed by atoms with Crippen LogP contribution in [0, 0.1) is 0 Å². The van der Waals surface area contributed by atoms with Crippen molar-refractivity contribution in [3.05, 3.63) is 29.8 Å². The van der Waals surface area contributed by atoms with Crippen molar-refractivity contribution >= 4 is 17.6 Å². The van der Waals surface area contributed by atoms with Crippen LogP contribution in [0.25, 0.3) is 0 Å². The summed E-state index contributed by atoms with van der Waals surface area (Å²) in [5.41, 5.74) is 0.0604. The third-order valence-corrected chi connectivity index (χ3v) is 3.14. The maximum Gasteiger partial charge on any atom is 0.319 e. The third-order valence-electron chi connectivity index (χ3n) is 3.14. The quantitative estimate of drug-likeness (QED) is 0.755. The lowest BCUT2D eigenvalue weighted by Crippen LogP contribution is -2.48. The Labute approximate surface area is 128 Å². The summed E-state index contributed by atoms with van der Waals surface area (Å²) in [5, 5.41) is 7.63. The fourth-order valence-electron chi connectivity index (χ4n) is 1.65. The minimum absolute atomic E-state index is 0.0162. The fourth-order valence-corrected chi connectivity index (χ4v) is 1.65. The molecular weight excluding hydrogens is 292 g/mol. The maximum atomic E-state index is 12.6. The van der Waals surface area contributed by atoms with Gasteiger partial charge in [-0.2, -0.15) is 0 Å². The molecule has 1 aromatic carbocycles. The van der Waals surface area contributed by atoms with Crippen LogP contribution < -0.4 is 16.0 Å². The zero-order valence-electron chi connectivity index (χ0n) is 12.8. The average Bonchev–Trinajstić information content (AvgIpc) is 2.46. The number of hydrogen-bond acceptors (Lipinski definition) is 2. The number of carbonyl (C=O) groups excluding carboxylic acids is 2. The summed E-state index contributed by atoms with van der Waals surface area (Å²) in [6.07, 6.45) is -1.82. The van der Waals surface area contributed by atoms with E-state index in [1.165, 1.54) is 24.3 Å². The Morgan fingerprint density at radius 3 is 2.45 bits per heavy atom. The number of alkyl halides is 2. The largest absolute Gasteiger partial charge is 0.352 e. The van der Waals surface area contributed by atoms with Gasteiger partial charge in [0.1, 0.15) is 6.04 Å². The lowest BCUT2D eigenvalue weighted by molar-refractivity contribution is -0.123. The van der Waals surface area contributed by atoms with Crippen molar-refractivity contribution in [2.24, 2.45) is 0 Å². The highest BCUT2D eigenvalue weighted by molar-refractivity contribution is 5.93. The molecule has 0 fully saturated rings. The molecule has 3 N–H and O–H groups in total. The molecule has 0 unspecified atom stereocenters. The molecule has 0 aromatic heterocycles. The first-order valence-electron chi connectivity index (χ1n) is 7.09. The van der Waals surface area contributed by atoms with Gasteiger partial charge in [-0.1, -0.05) is 19.1 Å². The van der Waals surface area contributed by atoms with Gasteiger partial charge in [-0.05, 0) is 32.4 Å². The van der Waals surface area contributed by atoms with Crippen LogP contribution in [0.4, 0.5) is 19.3 Å². The lowest BCUT2D eigenvalue weighted by Gasteiger charge is -2.17. The highest BCUT2D eigenvalue weighted by Gasteiger charge is 2.17. The van der Waals surface area contributed by atoms with Crippen molar-refractivity contribution in [1.29, 1.82) is 0 Å². The molecular formula is C15H21F2N3O2. The van der Waals surface area contributed by atoms with E-state index in [1.807, 2.05) is 13.8 Å². The van der Waals surface area contributed by atoms with Gasteiger partial charge in [-0.3, -0.25) is 4.79 Å². The minimum atomic E-state index is -2.61. The van der Waals surface area contributed by atoms with E-state index in [9.17, 15) is 18.4 Å². The smallest absolute Gasteiger partial charge is 0.319 e. The van der Waals surface area contributed by atoms with Gasteiger partial charge in [-0.15, -0.1) is 0 Å². The van der Waals surface area contributed by atoms with Gasteiger partial charge in [0.25, 0.3) is 6.43 Å². The van der Waals surface area contributed by atoms with Crippen LogP contribution in [0.1, 0.15) is 39.2 Å². The Kier molecular flexibility index (Phi) is 6.75. The number of nitrogens with one attached hydrogen (secondary N) is 3. The molecule has 0 heterocycles. The molecule has 5 nitrogen and oxygen atoms in total. The van der Waals surface area contributed by atoms with E-state index in [0.717, 1.165) is 6.42 Å². The number of urea groups is 1. The molecule has 0 aliphatic carbocycles. The molecule has 122 valence electrons. The third kappa shape index (κ3) is 5.67. The van der Waals surface area contributed by atoms with Crippen LogP contribution in [-0.2, 0) is 4.79 Å². The van der Waals surface area contributed by atoms with Gasteiger partial charge >= 0.3 is 6.03 Å². The number of rotatable bonds is 6. The molecule has 2 atom stereocenters. The Morgan fingerprint density at radius 2 is 1.86 bits per heavy atom. The summed E-state index contributed by atoms with van der Waals surface area (Å²) in [5.74, 6) is -0.300. The Morgan fingerprint density at radius 1 is 1.18 bits per heavy atom. The van der Waals surface area contributed by atoms with E-state index in [1.54, 1.807) is 6.92 Å². The number of halogens is 2. The Bertz CT molecular complexity index is 523. The minimum Gasteiger partial charge on any atom is -0.352 e. The highest BCUT2D eigenvalue weighted by Crippen LogP contribution is 2.21. The van der Waals surface area contributed by atoms with Crippen LogP contribution in [0.15, 0.2) is 24.3 Å². The first-order chi connectivity index (χ1) is 10.3. The van der Waals surface area contributed by atoms with Crippen LogP contribution in [0.5, 0.6) is 0 Å². The van der Waals surface area contributed by atoms with Gasteiger partial charge in [-0.25, -0.2) is 13.6 Å². The van der Waals surface area contributed by atoms with Crippen LogP contribution >= 0.6 is 0 Å². The van der Waals surface area contributed by atoms with Crippen molar-refractivity contribution in [3.63, 3.8) is 0 Å². The molecule has 1 aromatic rings. The predicted octanol–water partition coefficient (Wildman–Crippen LogP) is 3.05. The first-order valence-corrected chi connectivity index (χ1v) is 7.09. The highest BCUT2D eigenvalue weighted by atomic mass is 19.3. The maximum absolute atomic E-state index is 12.6. The second-order valence-corrected chi connectivity index (χ2v) is 5.06. The Hall–Kier alpha value is -2.18. The number of amides is 3. The molecule has 0 bridgehead atoms. The summed E-state index contributed by atoms with van der Waals surface area (Å²) < 4.78 is 25.1. The SMILES string of the molecule is CC[C@H](C)NC(=O)[C@@H](C)NC(=O)Nc1cccc(C(F)F)c1. The summed E-state index contributed by atoms with van der Waals surface area (Å²) in [7, 11) is 0. The molecule has 1 rings (SSSR count). The van der Waals surface area contributed by atoms with Crippen LogP contribution in [-0.4, -0.2) is 24.0 Å². The summed E-state index contributed by atoms with van der Waals surface area (Å²) in [6.45, 7) is 5.35. The molecule has 0 radical (unpaired) electrons. The normalized spacial score (nSPS) is 13.4. The van der Waals surface area contributed by atoms with E-state index in [2.05, 4.69) is 16.0 Å². The molecule has 0 saturated heterocycles. The van der Waals surface area contributed by atoms with Gasteiger partial charge < -0.3 is 16.0 Å². The monoisotopic (exact) mass is 313 g/mol. The fraction of sp³-hybridized carbons (Fsp3) is 0.467. The predicted molar refractivity (Wildman–Crippen MR) is 80.9 cm³/mol. The van der Waals surface area contributed by atoms with Crippen molar-refractivity contribution in [2.45, 2.75) is 45.7 Å². The molecule has 7 heteroatoms. The summed E-state index contributed by atoms with van der Waals surface area (Å²) >= 11 is 0. The van der Waals surface area contributed by atoms with E-state index >= 15 is 0 Å². The number of carbonyl (C=O) groups is 2. The van der Waals surface area contributed by atoms with Gasteiger partial charge in [0, 0.05) is 17.3 Å². The number of anilines is 1. The van der Waals surface area contributed by atoms with Crippen LogP contribution in [0.2, 0.25) is 0 Å². The molecule has 3 amide bonds. The molecule has 22 heavy (non-hydrogen) atoms. The molecule has 0 aliphatic rings. The van der Waals surface area contributed by atoms with Crippen molar-refractivity contribution < 1.29 is 18.4 Å². The Balaban J connectivity index is 2.55. The zero-order valence-corrected chi connectivity index (χ0v) is 12.8. The van der Waals surface area contributed by atoms with Crippen molar-refractivity contribution in [3.8, 4) is 0 Å². The van der Waals surface area contributed by atoms with Crippen LogP contribution in [0.3, 0.4) is 0 Å². The van der Waals surface area contributed by atoms with Gasteiger partial charge in [0.15, 0.2) is 0 Å². The number of hydrogen-bond donors (Lipinski definition) is 3. The van der Waals surface area contributed by atoms with Crippen molar-refractivity contribution in [1.82, 2.24) is 10.6 Å². The zero-order chi connectivity index (χ0) is 16.7. The first kappa shape index (κ1) is 17.9. The second-order valence-electron chi connectivity index (χ2n) is 5.06. The summed E-state index contributed by atoms with van der Waals surface area (Å²) in [4.78, 5) is 23.6. The molecule has 0 spiro atoms. The second kappa shape index (κ2) is 8.31. The average molecular weight is 313 g/mol.